The number of benzene rings is 1. The zero-order chi connectivity index (χ0) is 12.7. The molecule has 2 aliphatic rings. The largest absolute Gasteiger partial charge is 0.481 e. The monoisotopic (exact) mass is 264 g/mol. The van der Waals surface area contributed by atoms with E-state index >= 15 is 0 Å². The third kappa shape index (κ3) is 2.03. The molecule has 0 radical (unpaired) electrons. The van der Waals surface area contributed by atoms with Crippen LogP contribution in [-0.4, -0.2) is 11.1 Å². The third-order valence-corrected chi connectivity index (χ3v) is 4.97. The summed E-state index contributed by atoms with van der Waals surface area (Å²) < 4.78 is 0. The van der Waals surface area contributed by atoms with Gasteiger partial charge in [0.1, 0.15) is 0 Å². The van der Waals surface area contributed by atoms with Crippen LogP contribution in [0.25, 0.3) is 0 Å². The lowest BCUT2D eigenvalue weighted by molar-refractivity contribution is -0.140. The molecular formula is C15H17ClO2. The number of rotatable bonds is 3. The SMILES string of the molecule is O=C(O)C(c1ccc(Cl)cc1)C1CC2CCC1C2. The minimum absolute atomic E-state index is 0.322. The summed E-state index contributed by atoms with van der Waals surface area (Å²) in [6, 6.07) is 7.32. The molecule has 1 aromatic carbocycles. The van der Waals surface area contributed by atoms with E-state index in [0.29, 0.717) is 16.9 Å². The van der Waals surface area contributed by atoms with E-state index in [1.807, 2.05) is 12.1 Å². The summed E-state index contributed by atoms with van der Waals surface area (Å²) in [6.07, 6.45) is 4.84. The van der Waals surface area contributed by atoms with E-state index in [1.165, 1.54) is 19.3 Å². The van der Waals surface area contributed by atoms with Gasteiger partial charge >= 0.3 is 5.97 Å². The van der Waals surface area contributed by atoms with Gasteiger partial charge < -0.3 is 5.11 Å². The van der Waals surface area contributed by atoms with Gasteiger partial charge in [0.15, 0.2) is 0 Å². The topological polar surface area (TPSA) is 37.3 Å². The molecule has 2 aliphatic carbocycles. The average molecular weight is 265 g/mol. The Hall–Kier alpha value is -1.02. The van der Waals surface area contributed by atoms with Gasteiger partial charge in [-0.2, -0.15) is 0 Å². The van der Waals surface area contributed by atoms with Crippen molar-refractivity contribution in [2.45, 2.75) is 31.6 Å². The lowest BCUT2D eigenvalue weighted by Gasteiger charge is -2.28. The summed E-state index contributed by atoms with van der Waals surface area (Å²) in [5.74, 6) is 0.677. The molecule has 0 heterocycles. The number of carbonyl (C=O) groups is 1. The summed E-state index contributed by atoms with van der Waals surface area (Å²) in [7, 11) is 0. The van der Waals surface area contributed by atoms with Gasteiger partial charge in [-0.1, -0.05) is 30.2 Å². The van der Waals surface area contributed by atoms with E-state index in [9.17, 15) is 9.90 Å². The number of carboxylic acids is 1. The molecule has 0 saturated heterocycles. The van der Waals surface area contributed by atoms with Crippen LogP contribution in [0.2, 0.25) is 5.02 Å². The van der Waals surface area contributed by atoms with Gasteiger partial charge in [0.25, 0.3) is 0 Å². The first-order chi connectivity index (χ1) is 8.65. The van der Waals surface area contributed by atoms with Gasteiger partial charge in [-0.3, -0.25) is 4.79 Å². The highest BCUT2D eigenvalue weighted by Crippen LogP contribution is 2.53. The number of halogens is 1. The Labute approximate surface area is 112 Å². The first-order valence-corrected chi connectivity index (χ1v) is 7.01. The molecule has 2 saturated carbocycles. The molecule has 0 spiro atoms. The molecule has 1 aromatic rings. The lowest BCUT2D eigenvalue weighted by atomic mass is 9.76. The van der Waals surface area contributed by atoms with Gasteiger partial charge in [0.2, 0.25) is 0 Å². The van der Waals surface area contributed by atoms with Crippen molar-refractivity contribution in [1.29, 1.82) is 0 Å². The van der Waals surface area contributed by atoms with E-state index in [2.05, 4.69) is 0 Å². The molecular weight excluding hydrogens is 248 g/mol. The van der Waals surface area contributed by atoms with Crippen molar-refractivity contribution in [1.82, 2.24) is 0 Å². The Morgan fingerprint density at radius 2 is 1.94 bits per heavy atom. The highest BCUT2D eigenvalue weighted by molar-refractivity contribution is 6.30. The van der Waals surface area contributed by atoms with Crippen molar-refractivity contribution >= 4 is 17.6 Å². The highest BCUT2D eigenvalue weighted by Gasteiger charge is 2.45. The minimum atomic E-state index is -0.685. The van der Waals surface area contributed by atoms with Gasteiger partial charge in [-0.25, -0.2) is 0 Å². The van der Waals surface area contributed by atoms with Crippen LogP contribution in [0.5, 0.6) is 0 Å². The zero-order valence-corrected chi connectivity index (χ0v) is 10.9. The predicted octanol–water partition coefficient (Wildman–Crippen LogP) is 3.94. The van der Waals surface area contributed by atoms with Crippen molar-refractivity contribution in [2.24, 2.45) is 17.8 Å². The van der Waals surface area contributed by atoms with Crippen molar-refractivity contribution in [3.8, 4) is 0 Å². The van der Waals surface area contributed by atoms with Crippen molar-refractivity contribution in [3.63, 3.8) is 0 Å². The van der Waals surface area contributed by atoms with Crippen LogP contribution in [0.15, 0.2) is 24.3 Å². The summed E-state index contributed by atoms with van der Waals surface area (Å²) in [6.45, 7) is 0. The van der Waals surface area contributed by atoms with Crippen LogP contribution < -0.4 is 0 Å². The second-order valence-electron chi connectivity index (χ2n) is 5.71. The number of hydrogen-bond donors (Lipinski definition) is 1. The fraction of sp³-hybridized carbons (Fsp3) is 0.533. The molecule has 1 N–H and O–H groups in total. The number of fused-ring (bicyclic) bond motifs is 2. The van der Waals surface area contributed by atoms with Crippen LogP contribution in [0.1, 0.15) is 37.2 Å². The molecule has 2 bridgehead atoms. The fourth-order valence-electron chi connectivity index (χ4n) is 3.95. The highest BCUT2D eigenvalue weighted by atomic mass is 35.5. The molecule has 96 valence electrons. The van der Waals surface area contributed by atoms with E-state index in [1.54, 1.807) is 12.1 Å². The molecule has 3 rings (SSSR count). The summed E-state index contributed by atoms with van der Waals surface area (Å²) in [5.41, 5.74) is 0.907. The Morgan fingerprint density at radius 1 is 1.22 bits per heavy atom. The summed E-state index contributed by atoms with van der Waals surface area (Å²) >= 11 is 5.87. The second kappa shape index (κ2) is 4.58. The maximum Gasteiger partial charge on any atom is 0.311 e. The Kier molecular flexibility index (Phi) is 3.06. The maximum atomic E-state index is 11.6. The van der Waals surface area contributed by atoms with E-state index < -0.39 is 5.97 Å². The average Bonchev–Trinajstić information content (AvgIpc) is 2.94. The second-order valence-corrected chi connectivity index (χ2v) is 6.14. The van der Waals surface area contributed by atoms with E-state index in [4.69, 9.17) is 11.6 Å². The van der Waals surface area contributed by atoms with Crippen LogP contribution >= 0.6 is 11.6 Å². The Morgan fingerprint density at radius 3 is 2.44 bits per heavy atom. The van der Waals surface area contributed by atoms with Gasteiger partial charge in [-0.15, -0.1) is 0 Å². The normalized spacial score (nSPS) is 31.5. The Bertz CT molecular complexity index is 454. The predicted molar refractivity (Wildman–Crippen MR) is 70.8 cm³/mol. The summed E-state index contributed by atoms with van der Waals surface area (Å²) in [5, 5.41) is 10.2. The molecule has 0 aliphatic heterocycles. The van der Waals surface area contributed by atoms with Crippen LogP contribution in [-0.2, 0) is 4.79 Å². The number of carboxylic acid groups (broad SMARTS) is 1. The summed E-state index contributed by atoms with van der Waals surface area (Å²) in [4.78, 5) is 11.6. The van der Waals surface area contributed by atoms with Gasteiger partial charge in [0.05, 0.1) is 5.92 Å². The third-order valence-electron chi connectivity index (χ3n) is 4.72. The molecule has 0 aromatic heterocycles. The van der Waals surface area contributed by atoms with Crippen LogP contribution in [0.4, 0.5) is 0 Å². The van der Waals surface area contributed by atoms with Gasteiger partial charge in [-0.05, 0) is 54.7 Å². The maximum absolute atomic E-state index is 11.6. The number of hydrogen-bond acceptors (Lipinski definition) is 1. The van der Waals surface area contributed by atoms with Crippen molar-refractivity contribution in [3.05, 3.63) is 34.9 Å². The quantitative estimate of drug-likeness (QED) is 0.898. The van der Waals surface area contributed by atoms with Gasteiger partial charge in [0, 0.05) is 5.02 Å². The van der Waals surface area contributed by atoms with Crippen LogP contribution in [0, 0.1) is 17.8 Å². The molecule has 4 atom stereocenters. The first kappa shape index (κ1) is 12.0. The van der Waals surface area contributed by atoms with Crippen molar-refractivity contribution < 1.29 is 9.90 Å². The molecule has 3 heteroatoms. The molecule has 0 amide bonds. The minimum Gasteiger partial charge on any atom is -0.481 e. The molecule has 18 heavy (non-hydrogen) atoms. The standard InChI is InChI=1S/C15H17ClO2/c16-12-5-3-10(4-6-12)14(15(17)18)13-8-9-1-2-11(13)7-9/h3-6,9,11,13-14H,1-2,7-8H2,(H,17,18). The number of aliphatic carboxylic acids is 1. The zero-order valence-electron chi connectivity index (χ0n) is 10.2. The first-order valence-electron chi connectivity index (χ1n) is 6.63. The van der Waals surface area contributed by atoms with E-state index in [0.717, 1.165) is 17.9 Å². The fourth-order valence-corrected chi connectivity index (χ4v) is 4.07. The smallest absolute Gasteiger partial charge is 0.311 e. The lowest BCUT2D eigenvalue weighted by Crippen LogP contribution is -2.25. The van der Waals surface area contributed by atoms with Crippen LogP contribution in [0.3, 0.4) is 0 Å². The Balaban J connectivity index is 1.89. The van der Waals surface area contributed by atoms with Crippen molar-refractivity contribution in [2.75, 3.05) is 0 Å². The molecule has 2 nitrogen and oxygen atoms in total. The molecule has 2 fully saturated rings. The molecule has 4 unspecified atom stereocenters. The van der Waals surface area contributed by atoms with E-state index in [-0.39, 0.29) is 5.92 Å².